The van der Waals surface area contributed by atoms with Gasteiger partial charge in [0, 0.05) is 6.42 Å². The van der Waals surface area contributed by atoms with Gasteiger partial charge < -0.3 is 5.11 Å². The molecule has 0 aromatic heterocycles. The van der Waals surface area contributed by atoms with E-state index in [-0.39, 0.29) is 18.0 Å². The Kier molecular flexibility index (Phi) is 1.60. The van der Waals surface area contributed by atoms with Crippen molar-refractivity contribution >= 4 is 7.85 Å². The molecule has 0 bridgehead atoms. The topological polar surface area (TPSA) is 20.2 Å². The largest absolute Gasteiger partial charge is 0.513 e. The van der Waals surface area contributed by atoms with Crippen molar-refractivity contribution in [2.45, 2.75) is 12.2 Å². The Morgan fingerprint density at radius 1 is 1.67 bits per heavy atom. The summed E-state index contributed by atoms with van der Waals surface area (Å²) in [6.45, 7) is 0. The normalized spacial score (nSPS) is 27.0. The number of allylic oxidation sites excluding steroid dienone is 4. The van der Waals surface area contributed by atoms with Crippen molar-refractivity contribution < 1.29 is 9.50 Å². The summed E-state index contributed by atoms with van der Waals surface area (Å²) in [6, 6.07) is 0. The van der Waals surface area contributed by atoms with Crippen LogP contribution in [-0.4, -0.2) is 13.0 Å². The zero-order valence-electron chi connectivity index (χ0n) is 4.84. The maximum absolute atomic E-state index is 12.2. The van der Waals surface area contributed by atoms with Crippen LogP contribution in [0.4, 0.5) is 4.39 Å². The first-order valence-electron chi connectivity index (χ1n) is 2.71. The Morgan fingerprint density at radius 2 is 2.33 bits per heavy atom. The van der Waals surface area contributed by atoms with Crippen LogP contribution < -0.4 is 0 Å². The molecular formula is C6H6BFO. The number of rotatable bonds is 0. The SMILES string of the molecule is [B]C1CC(F)=CC=C1O. The summed E-state index contributed by atoms with van der Waals surface area (Å²) in [6.07, 6.45) is 2.62. The van der Waals surface area contributed by atoms with E-state index >= 15 is 0 Å². The van der Waals surface area contributed by atoms with Crippen molar-refractivity contribution in [2.75, 3.05) is 0 Å². The van der Waals surface area contributed by atoms with Crippen LogP contribution in [0.2, 0.25) is 5.82 Å². The molecule has 1 unspecified atom stereocenters. The van der Waals surface area contributed by atoms with Crippen LogP contribution in [0.1, 0.15) is 6.42 Å². The Labute approximate surface area is 54.3 Å². The summed E-state index contributed by atoms with van der Waals surface area (Å²) >= 11 is 0. The van der Waals surface area contributed by atoms with Crippen molar-refractivity contribution in [3.8, 4) is 0 Å². The van der Waals surface area contributed by atoms with Crippen LogP contribution in [0, 0.1) is 0 Å². The number of hydrogen-bond donors (Lipinski definition) is 1. The Hall–Kier alpha value is -0.725. The molecule has 9 heavy (non-hydrogen) atoms. The number of aliphatic hydroxyl groups excluding tert-OH is 1. The second-order valence-electron chi connectivity index (χ2n) is 2.02. The zero-order chi connectivity index (χ0) is 6.85. The first kappa shape index (κ1) is 6.40. The summed E-state index contributed by atoms with van der Waals surface area (Å²) in [5.41, 5.74) is 0. The monoisotopic (exact) mass is 124 g/mol. The molecule has 0 aromatic carbocycles. The standard InChI is InChI=1S/C6H6BFO/c7-5-3-4(8)1-2-6(5)9/h1-2,5,9H,3H2. The lowest BCUT2D eigenvalue weighted by atomic mass is 9.80. The molecule has 1 N–H and O–H groups in total. The van der Waals surface area contributed by atoms with Crippen molar-refractivity contribution in [3.05, 3.63) is 23.7 Å². The van der Waals surface area contributed by atoms with Crippen LogP contribution >= 0.6 is 0 Å². The third-order valence-corrected chi connectivity index (χ3v) is 1.23. The van der Waals surface area contributed by atoms with E-state index in [0.29, 0.717) is 0 Å². The summed E-state index contributed by atoms with van der Waals surface area (Å²) in [7, 11) is 5.27. The summed E-state index contributed by atoms with van der Waals surface area (Å²) in [5.74, 6) is -0.772. The summed E-state index contributed by atoms with van der Waals surface area (Å²) in [5, 5.41) is 8.82. The molecule has 0 amide bonds. The van der Waals surface area contributed by atoms with Crippen LogP contribution in [0.25, 0.3) is 0 Å². The van der Waals surface area contributed by atoms with Crippen LogP contribution in [-0.2, 0) is 0 Å². The number of hydrogen-bond acceptors (Lipinski definition) is 1. The van der Waals surface area contributed by atoms with Crippen LogP contribution in [0.3, 0.4) is 0 Å². The molecule has 46 valence electrons. The van der Waals surface area contributed by atoms with E-state index in [2.05, 4.69) is 0 Å². The Morgan fingerprint density at radius 3 is 2.78 bits per heavy atom. The second kappa shape index (κ2) is 2.25. The molecule has 0 heterocycles. The van der Waals surface area contributed by atoms with Gasteiger partial charge in [0.05, 0.1) is 13.6 Å². The quantitative estimate of drug-likeness (QED) is 0.486. The molecule has 0 aromatic rings. The molecule has 2 radical (unpaired) electrons. The third kappa shape index (κ3) is 1.34. The van der Waals surface area contributed by atoms with Gasteiger partial charge >= 0.3 is 0 Å². The van der Waals surface area contributed by atoms with Crippen molar-refractivity contribution in [1.82, 2.24) is 0 Å². The van der Waals surface area contributed by atoms with E-state index < -0.39 is 5.82 Å². The maximum Gasteiger partial charge on any atom is 0.100 e. The fourth-order valence-corrected chi connectivity index (χ4v) is 0.682. The predicted molar refractivity (Wildman–Crippen MR) is 34.0 cm³/mol. The molecular weight excluding hydrogens is 118 g/mol. The highest BCUT2D eigenvalue weighted by molar-refractivity contribution is 6.13. The molecule has 0 spiro atoms. The molecule has 0 saturated heterocycles. The fourth-order valence-electron chi connectivity index (χ4n) is 0.682. The fraction of sp³-hybridized carbons (Fsp3) is 0.333. The van der Waals surface area contributed by atoms with Crippen LogP contribution in [0.15, 0.2) is 23.7 Å². The van der Waals surface area contributed by atoms with Gasteiger partial charge in [-0.15, -0.1) is 0 Å². The lowest BCUT2D eigenvalue weighted by Crippen LogP contribution is -2.00. The molecule has 0 saturated carbocycles. The van der Waals surface area contributed by atoms with Gasteiger partial charge in [0.25, 0.3) is 0 Å². The predicted octanol–water partition coefficient (Wildman–Crippen LogP) is 1.64. The molecule has 1 nitrogen and oxygen atoms in total. The number of aliphatic hydroxyl groups is 1. The first-order chi connectivity index (χ1) is 4.20. The maximum atomic E-state index is 12.2. The van der Waals surface area contributed by atoms with E-state index in [1.807, 2.05) is 0 Å². The van der Waals surface area contributed by atoms with Gasteiger partial charge in [-0.2, -0.15) is 0 Å². The Balaban J connectivity index is 2.74. The van der Waals surface area contributed by atoms with Gasteiger partial charge in [0.15, 0.2) is 0 Å². The molecule has 0 aliphatic heterocycles. The molecule has 3 heteroatoms. The van der Waals surface area contributed by atoms with E-state index in [0.717, 1.165) is 0 Å². The van der Waals surface area contributed by atoms with E-state index in [9.17, 15) is 4.39 Å². The van der Waals surface area contributed by atoms with Gasteiger partial charge in [-0.05, 0) is 18.0 Å². The molecule has 1 rings (SSSR count). The highest BCUT2D eigenvalue weighted by Gasteiger charge is 2.12. The number of halogens is 1. The van der Waals surface area contributed by atoms with Gasteiger partial charge in [-0.1, -0.05) is 0 Å². The van der Waals surface area contributed by atoms with E-state index in [1.165, 1.54) is 12.2 Å². The average Bonchev–Trinajstić information content (AvgIpc) is 1.80. The lowest BCUT2D eigenvalue weighted by molar-refractivity contribution is 0.377. The van der Waals surface area contributed by atoms with Gasteiger partial charge in [-0.25, -0.2) is 4.39 Å². The van der Waals surface area contributed by atoms with E-state index in [1.54, 1.807) is 0 Å². The molecule has 1 aliphatic carbocycles. The third-order valence-electron chi connectivity index (χ3n) is 1.23. The minimum atomic E-state index is -0.546. The molecule has 0 fully saturated rings. The van der Waals surface area contributed by atoms with E-state index in [4.69, 9.17) is 13.0 Å². The van der Waals surface area contributed by atoms with Gasteiger partial charge in [0.1, 0.15) is 5.83 Å². The van der Waals surface area contributed by atoms with Gasteiger partial charge in [0.2, 0.25) is 0 Å². The zero-order valence-corrected chi connectivity index (χ0v) is 4.84. The lowest BCUT2D eigenvalue weighted by Gasteiger charge is -2.12. The minimum absolute atomic E-state index is 0.0522. The summed E-state index contributed by atoms with van der Waals surface area (Å²) < 4.78 is 12.2. The Bertz CT molecular complexity index is 174. The van der Waals surface area contributed by atoms with Crippen LogP contribution in [0.5, 0.6) is 0 Å². The summed E-state index contributed by atoms with van der Waals surface area (Å²) in [4.78, 5) is 0. The molecule has 1 aliphatic rings. The minimum Gasteiger partial charge on any atom is -0.513 e. The first-order valence-corrected chi connectivity index (χ1v) is 2.71. The highest BCUT2D eigenvalue weighted by atomic mass is 19.1. The second-order valence-corrected chi connectivity index (χ2v) is 2.02. The van der Waals surface area contributed by atoms with Crippen molar-refractivity contribution in [2.24, 2.45) is 0 Å². The highest BCUT2D eigenvalue weighted by Crippen LogP contribution is 2.25. The van der Waals surface area contributed by atoms with Crippen molar-refractivity contribution in [3.63, 3.8) is 0 Å². The smallest absolute Gasteiger partial charge is 0.100 e. The molecule has 1 atom stereocenters. The van der Waals surface area contributed by atoms with Gasteiger partial charge in [-0.3, -0.25) is 0 Å². The average molecular weight is 124 g/mol. The van der Waals surface area contributed by atoms with Crippen molar-refractivity contribution in [1.29, 1.82) is 0 Å².